The molecule has 3 nitrogen and oxygen atoms in total. The monoisotopic (exact) mass is 281 g/mol. The summed E-state index contributed by atoms with van der Waals surface area (Å²) >= 11 is 0. The maximum atomic E-state index is 12.4. The van der Waals surface area contributed by atoms with E-state index in [0.717, 1.165) is 31.5 Å². The second-order valence-electron chi connectivity index (χ2n) is 5.50. The first-order valence-electron chi connectivity index (χ1n) is 7.35. The van der Waals surface area contributed by atoms with Crippen molar-refractivity contribution < 1.29 is 9.90 Å². The molecule has 1 amide bonds. The van der Waals surface area contributed by atoms with Gasteiger partial charge in [0.25, 0.3) is 0 Å². The predicted molar refractivity (Wildman–Crippen MR) is 82.2 cm³/mol. The summed E-state index contributed by atoms with van der Waals surface area (Å²) in [5, 5.41) is 9.47. The molecule has 108 valence electrons. The lowest BCUT2D eigenvalue weighted by atomic mass is 10.0. The smallest absolute Gasteiger partial charge is 0.227 e. The van der Waals surface area contributed by atoms with Gasteiger partial charge in [0.05, 0.1) is 6.42 Å². The van der Waals surface area contributed by atoms with Gasteiger partial charge in [-0.15, -0.1) is 0 Å². The molecule has 1 heterocycles. The number of phenolic OH excluding ortho intramolecular Hbond substituents is 1. The number of nitrogens with zero attached hydrogens (tertiary/aromatic N) is 1. The van der Waals surface area contributed by atoms with Gasteiger partial charge in [-0.2, -0.15) is 0 Å². The molecule has 0 unspecified atom stereocenters. The Bertz CT molecular complexity index is 624. The minimum atomic E-state index is 0.133. The molecule has 0 aliphatic carbocycles. The fourth-order valence-electron chi connectivity index (χ4n) is 2.87. The van der Waals surface area contributed by atoms with E-state index < -0.39 is 0 Å². The van der Waals surface area contributed by atoms with Crippen LogP contribution in [0.3, 0.4) is 0 Å². The Morgan fingerprint density at radius 1 is 1.00 bits per heavy atom. The number of carbonyl (C=O) groups excluding carboxylic acids is 1. The average Bonchev–Trinajstić information content (AvgIpc) is 2.70. The number of phenols is 1. The fourth-order valence-corrected chi connectivity index (χ4v) is 2.87. The van der Waals surface area contributed by atoms with Gasteiger partial charge < -0.3 is 10.0 Å². The van der Waals surface area contributed by atoms with Gasteiger partial charge in [-0.3, -0.25) is 4.79 Å². The van der Waals surface area contributed by atoms with Crippen molar-refractivity contribution in [3.05, 3.63) is 65.2 Å². The lowest BCUT2D eigenvalue weighted by Gasteiger charge is -2.20. The van der Waals surface area contributed by atoms with Gasteiger partial charge in [0, 0.05) is 13.1 Å². The Morgan fingerprint density at radius 3 is 2.29 bits per heavy atom. The molecule has 21 heavy (non-hydrogen) atoms. The van der Waals surface area contributed by atoms with Crippen LogP contribution < -0.4 is 0 Å². The summed E-state index contributed by atoms with van der Waals surface area (Å²) in [6.07, 6.45) is 2.19. The minimum absolute atomic E-state index is 0.133. The number of amides is 1. The molecule has 0 spiro atoms. The first-order chi connectivity index (χ1) is 10.2. The van der Waals surface area contributed by atoms with Crippen LogP contribution >= 0.6 is 0 Å². The van der Waals surface area contributed by atoms with Crippen molar-refractivity contribution in [1.82, 2.24) is 4.90 Å². The molecular formula is C18H19NO2. The number of hydrogen-bond acceptors (Lipinski definition) is 2. The van der Waals surface area contributed by atoms with Gasteiger partial charge in [-0.05, 0) is 41.7 Å². The molecule has 0 saturated carbocycles. The van der Waals surface area contributed by atoms with Crippen LogP contribution in [0.1, 0.15) is 16.7 Å². The van der Waals surface area contributed by atoms with Crippen LogP contribution in [0.4, 0.5) is 0 Å². The number of benzene rings is 2. The molecule has 1 aliphatic heterocycles. The first kappa shape index (κ1) is 13.7. The number of aromatic hydroxyl groups is 1. The maximum absolute atomic E-state index is 12.4. The predicted octanol–water partition coefficient (Wildman–Crippen LogP) is 2.56. The largest absolute Gasteiger partial charge is 0.508 e. The second-order valence-corrected chi connectivity index (χ2v) is 5.50. The summed E-state index contributed by atoms with van der Waals surface area (Å²) in [7, 11) is 0. The van der Waals surface area contributed by atoms with E-state index in [9.17, 15) is 9.90 Å². The second kappa shape index (κ2) is 6.00. The Labute approximate surface area is 124 Å². The molecule has 2 aromatic rings. The maximum Gasteiger partial charge on any atom is 0.227 e. The topological polar surface area (TPSA) is 40.5 Å². The third-order valence-electron chi connectivity index (χ3n) is 4.04. The average molecular weight is 281 g/mol. The van der Waals surface area contributed by atoms with Gasteiger partial charge in [0.1, 0.15) is 5.75 Å². The highest BCUT2D eigenvalue weighted by atomic mass is 16.3. The van der Waals surface area contributed by atoms with Gasteiger partial charge in [0.15, 0.2) is 0 Å². The summed E-state index contributed by atoms with van der Waals surface area (Å²) in [5.74, 6) is 0.344. The molecule has 0 atom stereocenters. The van der Waals surface area contributed by atoms with Gasteiger partial charge in [0.2, 0.25) is 5.91 Å². The van der Waals surface area contributed by atoms with Crippen molar-refractivity contribution in [3.63, 3.8) is 0 Å². The lowest BCUT2D eigenvalue weighted by molar-refractivity contribution is -0.130. The standard InChI is InChI=1S/C18H19NO2/c20-17-7-3-4-14(12-17)13-18(21)19-10-8-15-5-1-2-6-16(15)9-11-19/h1-7,12,20H,8-11,13H2. The molecule has 0 radical (unpaired) electrons. The Kier molecular flexibility index (Phi) is 3.91. The van der Waals surface area contributed by atoms with E-state index in [4.69, 9.17) is 0 Å². The summed E-state index contributed by atoms with van der Waals surface area (Å²) < 4.78 is 0. The van der Waals surface area contributed by atoms with Crippen molar-refractivity contribution in [1.29, 1.82) is 0 Å². The molecule has 1 N–H and O–H groups in total. The molecule has 1 aliphatic rings. The zero-order valence-electron chi connectivity index (χ0n) is 12.0. The Hall–Kier alpha value is -2.29. The lowest BCUT2D eigenvalue weighted by Crippen LogP contribution is -2.34. The van der Waals surface area contributed by atoms with Crippen molar-refractivity contribution in [2.24, 2.45) is 0 Å². The molecular weight excluding hydrogens is 262 g/mol. The zero-order chi connectivity index (χ0) is 14.7. The van der Waals surface area contributed by atoms with Crippen LogP contribution in [0.25, 0.3) is 0 Å². The van der Waals surface area contributed by atoms with E-state index in [1.165, 1.54) is 11.1 Å². The van der Waals surface area contributed by atoms with E-state index in [0.29, 0.717) is 6.42 Å². The van der Waals surface area contributed by atoms with Crippen molar-refractivity contribution >= 4 is 5.91 Å². The summed E-state index contributed by atoms with van der Waals surface area (Å²) in [6.45, 7) is 1.54. The number of carbonyl (C=O) groups is 1. The number of hydrogen-bond donors (Lipinski definition) is 1. The van der Waals surface area contributed by atoms with Crippen LogP contribution in [-0.4, -0.2) is 29.0 Å². The Morgan fingerprint density at radius 2 is 1.67 bits per heavy atom. The zero-order valence-corrected chi connectivity index (χ0v) is 12.0. The van der Waals surface area contributed by atoms with Crippen LogP contribution in [0.15, 0.2) is 48.5 Å². The number of rotatable bonds is 2. The molecule has 0 saturated heterocycles. The highest BCUT2D eigenvalue weighted by molar-refractivity contribution is 5.79. The molecule has 3 heteroatoms. The van der Waals surface area contributed by atoms with Crippen LogP contribution in [0, 0.1) is 0 Å². The third kappa shape index (κ3) is 3.24. The molecule has 0 bridgehead atoms. The highest BCUT2D eigenvalue weighted by Crippen LogP contribution is 2.17. The van der Waals surface area contributed by atoms with Crippen LogP contribution in [-0.2, 0) is 24.1 Å². The van der Waals surface area contributed by atoms with Crippen LogP contribution in [0.2, 0.25) is 0 Å². The van der Waals surface area contributed by atoms with E-state index in [1.54, 1.807) is 18.2 Å². The van der Waals surface area contributed by atoms with Crippen molar-refractivity contribution in [3.8, 4) is 5.75 Å². The van der Waals surface area contributed by atoms with E-state index in [-0.39, 0.29) is 11.7 Å². The number of fused-ring (bicyclic) bond motifs is 1. The first-order valence-corrected chi connectivity index (χ1v) is 7.35. The summed E-state index contributed by atoms with van der Waals surface area (Å²) in [6, 6.07) is 15.4. The van der Waals surface area contributed by atoms with Crippen molar-refractivity contribution in [2.75, 3.05) is 13.1 Å². The van der Waals surface area contributed by atoms with Crippen molar-refractivity contribution in [2.45, 2.75) is 19.3 Å². The Balaban J connectivity index is 1.67. The minimum Gasteiger partial charge on any atom is -0.508 e. The van der Waals surface area contributed by atoms with E-state index >= 15 is 0 Å². The van der Waals surface area contributed by atoms with Crippen LogP contribution in [0.5, 0.6) is 5.75 Å². The molecule has 0 fully saturated rings. The highest BCUT2D eigenvalue weighted by Gasteiger charge is 2.18. The summed E-state index contributed by atoms with van der Waals surface area (Å²) in [4.78, 5) is 14.4. The fraction of sp³-hybridized carbons (Fsp3) is 0.278. The molecule has 2 aromatic carbocycles. The molecule has 0 aromatic heterocycles. The van der Waals surface area contributed by atoms with Gasteiger partial charge in [-0.25, -0.2) is 0 Å². The quantitative estimate of drug-likeness (QED) is 0.919. The third-order valence-corrected chi connectivity index (χ3v) is 4.04. The van der Waals surface area contributed by atoms with E-state index in [2.05, 4.69) is 24.3 Å². The SMILES string of the molecule is O=C(Cc1cccc(O)c1)N1CCc2ccccc2CC1. The normalized spacial score (nSPS) is 14.4. The summed E-state index contributed by atoms with van der Waals surface area (Å²) in [5.41, 5.74) is 3.57. The van der Waals surface area contributed by atoms with Gasteiger partial charge >= 0.3 is 0 Å². The van der Waals surface area contributed by atoms with Gasteiger partial charge in [-0.1, -0.05) is 36.4 Å². The molecule has 3 rings (SSSR count). The van der Waals surface area contributed by atoms with E-state index in [1.807, 2.05) is 11.0 Å².